The van der Waals surface area contributed by atoms with Gasteiger partial charge in [0.05, 0.1) is 6.04 Å². The number of carboxylic acid groups (broad SMARTS) is 1. The van der Waals surface area contributed by atoms with Crippen molar-refractivity contribution in [1.82, 2.24) is 4.90 Å². The maximum Gasteiger partial charge on any atom is 0.303 e. The molecule has 6 nitrogen and oxygen atoms in total. The summed E-state index contributed by atoms with van der Waals surface area (Å²) in [5.74, 6) is -1.08. The van der Waals surface area contributed by atoms with Gasteiger partial charge < -0.3 is 20.5 Å². The molecule has 0 aliphatic rings. The van der Waals surface area contributed by atoms with E-state index in [-0.39, 0.29) is 18.7 Å². The van der Waals surface area contributed by atoms with Gasteiger partial charge in [-0.1, -0.05) is 19.8 Å². The van der Waals surface area contributed by atoms with Gasteiger partial charge in [-0.25, -0.2) is 0 Å². The van der Waals surface area contributed by atoms with Gasteiger partial charge in [0, 0.05) is 33.2 Å². The van der Waals surface area contributed by atoms with Crippen LogP contribution in [0.4, 0.5) is 0 Å². The van der Waals surface area contributed by atoms with E-state index in [4.69, 9.17) is 15.6 Å². The van der Waals surface area contributed by atoms with Crippen molar-refractivity contribution in [3.05, 3.63) is 0 Å². The van der Waals surface area contributed by atoms with Crippen molar-refractivity contribution in [3.63, 3.8) is 0 Å². The van der Waals surface area contributed by atoms with Gasteiger partial charge in [0.2, 0.25) is 5.91 Å². The third-order valence-corrected chi connectivity index (χ3v) is 3.11. The van der Waals surface area contributed by atoms with Crippen LogP contribution in [-0.4, -0.2) is 54.7 Å². The van der Waals surface area contributed by atoms with Crippen LogP contribution < -0.4 is 5.73 Å². The van der Waals surface area contributed by atoms with Gasteiger partial charge in [0.15, 0.2) is 0 Å². The first-order valence-corrected chi connectivity index (χ1v) is 7.28. The minimum absolute atomic E-state index is 0.0756. The number of rotatable bonds is 12. The average molecular weight is 288 g/mol. The highest BCUT2D eigenvalue weighted by molar-refractivity contribution is 5.82. The highest BCUT2D eigenvalue weighted by atomic mass is 16.5. The van der Waals surface area contributed by atoms with Gasteiger partial charge in [0.25, 0.3) is 0 Å². The predicted octanol–water partition coefficient (Wildman–Crippen LogP) is 1.23. The Labute approximate surface area is 121 Å². The largest absolute Gasteiger partial charge is 0.481 e. The van der Waals surface area contributed by atoms with Crippen LogP contribution in [0.1, 0.15) is 45.4 Å². The number of aliphatic carboxylic acids is 1. The first-order valence-electron chi connectivity index (χ1n) is 7.28. The summed E-state index contributed by atoms with van der Waals surface area (Å²) >= 11 is 0. The number of unbranched alkanes of at least 4 members (excludes halogenated alkanes) is 2. The highest BCUT2D eigenvalue weighted by Crippen LogP contribution is 2.05. The lowest BCUT2D eigenvalue weighted by molar-refractivity contribution is -0.137. The number of methoxy groups -OCH3 is 1. The molecule has 0 aromatic rings. The van der Waals surface area contributed by atoms with E-state index in [1.54, 1.807) is 12.0 Å². The quantitative estimate of drug-likeness (QED) is 0.527. The second-order valence-electron chi connectivity index (χ2n) is 4.92. The number of amides is 1. The van der Waals surface area contributed by atoms with E-state index in [2.05, 4.69) is 6.92 Å². The molecule has 0 rings (SSSR count). The molecule has 0 spiro atoms. The van der Waals surface area contributed by atoms with Gasteiger partial charge in [-0.2, -0.15) is 0 Å². The Morgan fingerprint density at radius 3 is 2.45 bits per heavy atom. The molecule has 0 fully saturated rings. The molecule has 0 saturated heterocycles. The minimum Gasteiger partial charge on any atom is -0.481 e. The lowest BCUT2D eigenvalue weighted by Crippen LogP contribution is -2.45. The van der Waals surface area contributed by atoms with E-state index >= 15 is 0 Å². The number of hydrogen-bond acceptors (Lipinski definition) is 4. The molecule has 118 valence electrons. The number of nitrogens with zero attached hydrogens (tertiary/aromatic N) is 1. The van der Waals surface area contributed by atoms with Gasteiger partial charge in [-0.3, -0.25) is 9.59 Å². The Kier molecular flexibility index (Phi) is 11.0. The Balaban J connectivity index is 4.31. The first kappa shape index (κ1) is 18.9. The normalized spacial score (nSPS) is 12.2. The molecule has 0 aliphatic carbocycles. The average Bonchev–Trinajstić information content (AvgIpc) is 2.42. The third-order valence-electron chi connectivity index (χ3n) is 3.11. The smallest absolute Gasteiger partial charge is 0.303 e. The Morgan fingerprint density at radius 1 is 1.25 bits per heavy atom. The SMILES string of the molecule is CCCCCN(CCCOC)C(=O)[C@H](N)CCC(=O)O. The van der Waals surface area contributed by atoms with Crippen LogP contribution in [0.15, 0.2) is 0 Å². The molecule has 20 heavy (non-hydrogen) atoms. The summed E-state index contributed by atoms with van der Waals surface area (Å²) < 4.78 is 4.99. The van der Waals surface area contributed by atoms with E-state index in [1.807, 2.05) is 0 Å². The van der Waals surface area contributed by atoms with Gasteiger partial charge >= 0.3 is 5.97 Å². The van der Waals surface area contributed by atoms with Crippen LogP contribution in [0, 0.1) is 0 Å². The van der Waals surface area contributed by atoms with Crippen LogP contribution in [0.5, 0.6) is 0 Å². The molecule has 0 aromatic carbocycles. The fourth-order valence-corrected chi connectivity index (χ4v) is 1.92. The zero-order valence-electron chi connectivity index (χ0n) is 12.6. The van der Waals surface area contributed by atoms with Crippen LogP contribution >= 0.6 is 0 Å². The van der Waals surface area contributed by atoms with E-state index in [9.17, 15) is 9.59 Å². The van der Waals surface area contributed by atoms with Crippen molar-refractivity contribution in [3.8, 4) is 0 Å². The maximum absolute atomic E-state index is 12.2. The number of ether oxygens (including phenoxy) is 1. The zero-order valence-corrected chi connectivity index (χ0v) is 12.6. The van der Waals surface area contributed by atoms with Crippen molar-refractivity contribution in [2.75, 3.05) is 26.8 Å². The molecular weight excluding hydrogens is 260 g/mol. The van der Waals surface area contributed by atoms with E-state index in [1.165, 1.54) is 0 Å². The van der Waals surface area contributed by atoms with E-state index in [0.717, 1.165) is 25.7 Å². The van der Waals surface area contributed by atoms with Gasteiger partial charge in [0.1, 0.15) is 0 Å². The van der Waals surface area contributed by atoms with Crippen LogP contribution in [-0.2, 0) is 14.3 Å². The number of carbonyl (C=O) groups is 2. The topological polar surface area (TPSA) is 92.9 Å². The summed E-state index contributed by atoms with van der Waals surface area (Å²) in [5.41, 5.74) is 5.79. The molecule has 0 bridgehead atoms. The van der Waals surface area contributed by atoms with Crippen molar-refractivity contribution in [2.24, 2.45) is 5.73 Å². The molecule has 0 unspecified atom stereocenters. The minimum atomic E-state index is -0.926. The third kappa shape index (κ3) is 8.87. The summed E-state index contributed by atoms with van der Waals surface area (Å²) in [6.45, 7) is 3.99. The standard InChI is InChI=1S/C14H28N2O4/c1-3-4-5-9-16(10-6-11-20-2)14(19)12(15)7-8-13(17)18/h12H,3-11,15H2,1-2H3,(H,17,18)/t12-/m1/s1. The molecule has 3 N–H and O–H groups in total. The predicted molar refractivity (Wildman–Crippen MR) is 77.4 cm³/mol. The number of nitrogens with two attached hydrogens (primary N) is 1. The molecule has 1 atom stereocenters. The maximum atomic E-state index is 12.2. The molecular formula is C14H28N2O4. The number of carbonyl (C=O) groups excluding carboxylic acids is 1. The molecule has 0 heterocycles. The van der Waals surface area contributed by atoms with E-state index in [0.29, 0.717) is 19.7 Å². The van der Waals surface area contributed by atoms with Gasteiger partial charge in [-0.05, 0) is 19.3 Å². The Hall–Kier alpha value is -1.14. The van der Waals surface area contributed by atoms with Crippen molar-refractivity contribution in [2.45, 2.75) is 51.5 Å². The molecule has 0 saturated carbocycles. The van der Waals surface area contributed by atoms with Crippen LogP contribution in [0.2, 0.25) is 0 Å². The fourth-order valence-electron chi connectivity index (χ4n) is 1.92. The second kappa shape index (κ2) is 11.7. The van der Waals surface area contributed by atoms with Gasteiger partial charge in [-0.15, -0.1) is 0 Å². The zero-order chi connectivity index (χ0) is 15.4. The highest BCUT2D eigenvalue weighted by Gasteiger charge is 2.21. The van der Waals surface area contributed by atoms with Crippen molar-refractivity contribution in [1.29, 1.82) is 0 Å². The Morgan fingerprint density at radius 2 is 1.90 bits per heavy atom. The number of hydrogen-bond donors (Lipinski definition) is 2. The number of carboxylic acids is 1. The molecule has 6 heteroatoms. The monoisotopic (exact) mass is 288 g/mol. The summed E-state index contributed by atoms with van der Waals surface area (Å²) in [5, 5.41) is 8.63. The summed E-state index contributed by atoms with van der Waals surface area (Å²) in [7, 11) is 1.63. The molecule has 1 amide bonds. The first-order chi connectivity index (χ1) is 9.52. The second-order valence-corrected chi connectivity index (χ2v) is 4.92. The lowest BCUT2D eigenvalue weighted by Gasteiger charge is -2.25. The molecule has 0 radical (unpaired) electrons. The molecule has 0 aliphatic heterocycles. The lowest BCUT2D eigenvalue weighted by atomic mass is 10.1. The summed E-state index contributed by atoms with van der Waals surface area (Å²) in [6.07, 6.45) is 3.97. The van der Waals surface area contributed by atoms with Crippen LogP contribution in [0.25, 0.3) is 0 Å². The molecule has 0 aromatic heterocycles. The Bertz CT molecular complexity index is 274. The summed E-state index contributed by atoms with van der Waals surface area (Å²) in [6, 6.07) is -0.727. The van der Waals surface area contributed by atoms with Crippen LogP contribution in [0.3, 0.4) is 0 Å². The van der Waals surface area contributed by atoms with Crippen molar-refractivity contribution < 1.29 is 19.4 Å². The van der Waals surface area contributed by atoms with Crippen molar-refractivity contribution >= 4 is 11.9 Å². The van der Waals surface area contributed by atoms with E-state index < -0.39 is 12.0 Å². The summed E-state index contributed by atoms with van der Waals surface area (Å²) in [4.78, 5) is 24.5. The fraction of sp³-hybridized carbons (Fsp3) is 0.857.